The topological polar surface area (TPSA) is 104 Å². The van der Waals surface area contributed by atoms with Gasteiger partial charge in [0.05, 0.1) is 23.9 Å². The molecule has 166 valence electrons. The largest absolute Gasteiger partial charge is 0.464 e. The first-order valence-corrected chi connectivity index (χ1v) is 10.7. The van der Waals surface area contributed by atoms with Crippen LogP contribution in [-0.4, -0.2) is 35.4 Å². The fourth-order valence-electron chi connectivity index (χ4n) is 3.60. The number of benzene rings is 1. The molecular formula is C22H17Cl2N7O2. The number of aromatic nitrogens is 6. The van der Waals surface area contributed by atoms with Gasteiger partial charge in [-0.3, -0.25) is 10.1 Å². The summed E-state index contributed by atoms with van der Waals surface area (Å²) < 4.78 is 8.63. The lowest BCUT2D eigenvalue weighted by Gasteiger charge is -2.06. The average molecular weight is 482 g/mol. The second kappa shape index (κ2) is 8.68. The Labute approximate surface area is 198 Å². The standard InChI is InChI=1S/C22H17Cl2N7O2/c1-13-20-14(18-6-3-9-33-18)7-8-25-21(20)31(28-13)11-19(32)27-22-26-12-30(29-22)10-15-16(23)4-2-5-17(15)24/h2-9,12H,10-11H2,1H3,(H,27,29,32). The Bertz CT molecular complexity index is 1440. The van der Waals surface area contributed by atoms with Gasteiger partial charge in [0.1, 0.15) is 18.6 Å². The highest BCUT2D eigenvalue weighted by Gasteiger charge is 2.18. The van der Waals surface area contributed by atoms with E-state index in [-0.39, 0.29) is 18.4 Å². The number of furan rings is 1. The first-order chi connectivity index (χ1) is 16.0. The van der Waals surface area contributed by atoms with Gasteiger partial charge in [-0.2, -0.15) is 5.10 Å². The number of nitrogens with zero attached hydrogens (tertiary/aromatic N) is 6. The van der Waals surface area contributed by atoms with Crippen molar-refractivity contribution < 1.29 is 9.21 Å². The van der Waals surface area contributed by atoms with Crippen LogP contribution in [0, 0.1) is 6.92 Å². The molecule has 33 heavy (non-hydrogen) atoms. The summed E-state index contributed by atoms with van der Waals surface area (Å²) in [5.74, 6) is 0.543. The molecule has 0 spiro atoms. The normalized spacial score (nSPS) is 11.2. The minimum Gasteiger partial charge on any atom is -0.464 e. The third-order valence-corrected chi connectivity index (χ3v) is 5.77. The Morgan fingerprint density at radius 2 is 1.91 bits per heavy atom. The predicted molar refractivity (Wildman–Crippen MR) is 124 cm³/mol. The quantitative estimate of drug-likeness (QED) is 0.380. The summed E-state index contributed by atoms with van der Waals surface area (Å²) in [7, 11) is 0. The highest BCUT2D eigenvalue weighted by molar-refractivity contribution is 6.35. The number of hydrogen-bond donors (Lipinski definition) is 1. The highest BCUT2D eigenvalue weighted by Crippen LogP contribution is 2.30. The van der Waals surface area contributed by atoms with E-state index < -0.39 is 0 Å². The van der Waals surface area contributed by atoms with Crippen molar-refractivity contribution in [1.82, 2.24) is 29.5 Å². The molecule has 11 heteroatoms. The second-order valence-electron chi connectivity index (χ2n) is 7.29. The van der Waals surface area contributed by atoms with E-state index in [1.807, 2.05) is 25.1 Å². The molecule has 5 aromatic rings. The minimum absolute atomic E-state index is 0.0518. The van der Waals surface area contributed by atoms with E-state index in [4.69, 9.17) is 27.6 Å². The van der Waals surface area contributed by atoms with Crippen LogP contribution in [0.25, 0.3) is 22.4 Å². The SMILES string of the molecule is Cc1nn(CC(=O)Nc2ncn(Cc3c(Cl)cccc3Cl)n2)c2nccc(-c3ccco3)c12. The maximum Gasteiger partial charge on any atom is 0.248 e. The van der Waals surface area contributed by atoms with E-state index in [1.54, 1.807) is 40.0 Å². The molecular weight excluding hydrogens is 465 g/mol. The maximum atomic E-state index is 12.7. The van der Waals surface area contributed by atoms with E-state index in [1.165, 1.54) is 6.33 Å². The van der Waals surface area contributed by atoms with Crippen LogP contribution in [-0.2, 0) is 17.9 Å². The number of aryl methyl sites for hydroxylation is 1. The lowest BCUT2D eigenvalue weighted by atomic mass is 10.1. The van der Waals surface area contributed by atoms with Crippen LogP contribution in [0.2, 0.25) is 10.0 Å². The number of nitrogens with one attached hydrogen (secondary N) is 1. The van der Waals surface area contributed by atoms with Gasteiger partial charge in [0, 0.05) is 27.4 Å². The molecule has 0 aliphatic carbocycles. The van der Waals surface area contributed by atoms with Crippen molar-refractivity contribution in [3.63, 3.8) is 0 Å². The highest BCUT2D eigenvalue weighted by atomic mass is 35.5. The molecule has 0 aliphatic heterocycles. The minimum atomic E-state index is -0.335. The van der Waals surface area contributed by atoms with E-state index in [0.29, 0.717) is 28.0 Å². The number of hydrogen-bond acceptors (Lipinski definition) is 6. The van der Waals surface area contributed by atoms with Gasteiger partial charge in [-0.15, -0.1) is 5.10 Å². The van der Waals surface area contributed by atoms with Crippen LogP contribution in [0.5, 0.6) is 0 Å². The summed E-state index contributed by atoms with van der Waals surface area (Å²) in [5.41, 5.74) is 2.92. The molecule has 0 atom stereocenters. The van der Waals surface area contributed by atoms with Crippen molar-refractivity contribution in [2.45, 2.75) is 20.0 Å². The molecule has 4 aromatic heterocycles. The van der Waals surface area contributed by atoms with Gasteiger partial charge in [0.15, 0.2) is 5.65 Å². The number of carbonyl (C=O) groups is 1. The van der Waals surface area contributed by atoms with Gasteiger partial charge in [0.25, 0.3) is 0 Å². The maximum absolute atomic E-state index is 12.7. The first kappa shape index (κ1) is 21.2. The molecule has 0 bridgehead atoms. The fourth-order valence-corrected chi connectivity index (χ4v) is 4.12. The number of fused-ring (bicyclic) bond motifs is 1. The first-order valence-electron chi connectivity index (χ1n) is 9.98. The fraction of sp³-hybridized carbons (Fsp3) is 0.136. The molecule has 9 nitrogen and oxygen atoms in total. The van der Waals surface area contributed by atoms with Crippen molar-refractivity contribution in [2.75, 3.05) is 5.32 Å². The summed E-state index contributed by atoms with van der Waals surface area (Å²) in [4.78, 5) is 21.2. The zero-order valence-corrected chi connectivity index (χ0v) is 18.9. The monoisotopic (exact) mass is 481 g/mol. The molecule has 4 heterocycles. The van der Waals surface area contributed by atoms with Crippen LogP contribution in [0.4, 0.5) is 5.95 Å². The van der Waals surface area contributed by atoms with E-state index in [9.17, 15) is 4.79 Å². The van der Waals surface area contributed by atoms with Crippen LogP contribution < -0.4 is 5.32 Å². The third-order valence-electron chi connectivity index (χ3n) is 5.06. The van der Waals surface area contributed by atoms with Crippen LogP contribution in [0.3, 0.4) is 0 Å². The summed E-state index contributed by atoms with van der Waals surface area (Å²) in [6, 6.07) is 10.8. The number of anilines is 1. The van der Waals surface area contributed by atoms with E-state index in [0.717, 1.165) is 22.2 Å². The molecule has 0 aliphatic rings. The van der Waals surface area contributed by atoms with Gasteiger partial charge >= 0.3 is 0 Å². The molecule has 0 unspecified atom stereocenters. The number of carbonyl (C=O) groups excluding carboxylic acids is 1. The molecule has 1 aromatic carbocycles. The van der Waals surface area contributed by atoms with Gasteiger partial charge in [-0.1, -0.05) is 29.3 Å². The van der Waals surface area contributed by atoms with Crippen LogP contribution in [0.15, 0.2) is 59.6 Å². The van der Waals surface area contributed by atoms with Gasteiger partial charge < -0.3 is 4.42 Å². The summed E-state index contributed by atoms with van der Waals surface area (Å²) in [6.07, 6.45) is 4.78. The summed E-state index contributed by atoms with van der Waals surface area (Å²) >= 11 is 12.4. The molecule has 1 amide bonds. The summed E-state index contributed by atoms with van der Waals surface area (Å²) in [5, 5.41) is 13.4. The van der Waals surface area contributed by atoms with Crippen molar-refractivity contribution in [1.29, 1.82) is 0 Å². The Balaban J connectivity index is 1.33. The van der Waals surface area contributed by atoms with Crippen LogP contribution in [0.1, 0.15) is 11.3 Å². The predicted octanol–water partition coefficient (Wildman–Crippen LogP) is 4.59. The van der Waals surface area contributed by atoms with Crippen LogP contribution >= 0.6 is 23.2 Å². The molecule has 0 fully saturated rings. The summed E-state index contributed by atoms with van der Waals surface area (Å²) in [6.45, 7) is 2.14. The van der Waals surface area contributed by atoms with Crippen molar-refractivity contribution in [2.24, 2.45) is 0 Å². The lowest BCUT2D eigenvalue weighted by Crippen LogP contribution is -2.20. The molecule has 5 rings (SSSR count). The van der Waals surface area contributed by atoms with Crippen molar-refractivity contribution >= 4 is 46.1 Å². The zero-order valence-electron chi connectivity index (χ0n) is 17.4. The van der Waals surface area contributed by atoms with Crippen molar-refractivity contribution in [3.05, 3.63) is 76.5 Å². The number of halogens is 2. The zero-order chi connectivity index (χ0) is 22.9. The lowest BCUT2D eigenvalue weighted by molar-refractivity contribution is -0.116. The third kappa shape index (κ3) is 4.20. The number of rotatable bonds is 6. The average Bonchev–Trinajstić information content (AvgIpc) is 3.53. The second-order valence-corrected chi connectivity index (χ2v) is 8.11. The van der Waals surface area contributed by atoms with Crippen molar-refractivity contribution in [3.8, 4) is 11.3 Å². The van der Waals surface area contributed by atoms with Gasteiger partial charge in [-0.25, -0.2) is 19.3 Å². The van der Waals surface area contributed by atoms with E-state index >= 15 is 0 Å². The van der Waals surface area contributed by atoms with E-state index in [2.05, 4.69) is 25.5 Å². The van der Waals surface area contributed by atoms with Gasteiger partial charge in [-0.05, 0) is 37.3 Å². The Morgan fingerprint density at radius 3 is 2.67 bits per heavy atom. The smallest absolute Gasteiger partial charge is 0.248 e. The molecule has 0 saturated heterocycles. The Kier molecular flexibility index (Phi) is 5.57. The van der Waals surface area contributed by atoms with Gasteiger partial charge in [0.2, 0.25) is 11.9 Å². The molecule has 0 saturated carbocycles. The number of pyridine rings is 1. The number of amides is 1. The molecule has 0 radical (unpaired) electrons. The molecule has 1 N–H and O–H groups in total. The Hall–Kier alpha value is -3.69. The Morgan fingerprint density at radius 1 is 1.09 bits per heavy atom.